The number of rotatable bonds is 45. The van der Waals surface area contributed by atoms with E-state index in [0.717, 1.165) is 70.6 Å². The van der Waals surface area contributed by atoms with E-state index in [9.17, 15) is 45.6 Å². The molecule has 1 amide bonds. The predicted molar refractivity (Wildman–Crippen MR) is 286 cm³/mol. The van der Waals surface area contributed by atoms with Gasteiger partial charge in [-0.25, -0.2) is 0 Å². The molecule has 12 unspecified atom stereocenters. The zero-order chi connectivity index (χ0) is 52.4. The Morgan fingerprint density at radius 2 is 0.917 bits per heavy atom. The minimum atomic E-state index is -1.79. The molecule has 2 aliphatic heterocycles. The molecular formula is C58H105NO13. The van der Waals surface area contributed by atoms with Crippen molar-refractivity contribution in [3.63, 3.8) is 0 Å². The van der Waals surface area contributed by atoms with Gasteiger partial charge in [0.2, 0.25) is 5.91 Å². The zero-order valence-corrected chi connectivity index (χ0v) is 44.9. The highest BCUT2D eigenvalue weighted by Crippen LogP contribution is 2.30. The fourth-order valence-corrected chi connectivity index (χ4v) is 9.27. The van der Waals surface area contributed by atoms with Gasteiger partial charge in [-0.05, 0) is 64.2 Å². The maximum atomic E-state index is 13.1. The summed E-state index contributed by atoms with van der Waals surface area (Å²) in [5, 5.41) is 86.8. The second-order valence-electron chi connectivity index (χ2n) is 20.4. The first-order chi connectivity index (χ1) is 35.1. The number of ether oxygens (including phenoxy) is 4. The Balaban J connectivity index is 1.73. The molecule has 2 aliphatic rings. The van der Waals surface area contributed by atoms with Crippen LogP contribution < -0.4 is 5.32 Å². The van der Waals surface area contributed by atoms with Crippen molar-refractivity contribution in [1.29, 1.82) is 0 Å². The van der Waals surface area contributed by atoms with Gasteiger partial charge in [0, 0.05) is 6.42 Å². The standard InChI is InChI=1S/C58H105NO13/c1-3-5-7-9-11-13-15-16-17-18-19-20-21-22-23-24-25-26-27-28-29-30-31-32-33-35-37-39-41-47(62)46(59-50(63)42-40-38-36-34-14-12-10-8-6-4-2)45-69-57-55(68)53(66)56(49(44-61)71-57)72-58-54(67)52(65)51(64)48(43-60)70-58/h8,10,28-29,32-33,39,41,46-49,51-58,60-62,64-68H,3-7,9,11-27,30-31,34-38,40,42-45H2,1-2H3,(H,59,63)/b10-8-,29-28+,33-32+,41-39+. The van der Waals surface area contributed by atoms with Gasteiger partial charge >= 0.3 is 0 Å². The van der Waals surface area contributed by atoms with Crippen molar-refractivity contribution in [1.82, 2.24) is 5.32 Å². The number of hydrogen-bond acceptors (Lipinski definition) is 13. The number of amides is 1. The highest BCUT2D eigenvalue weighted by Gasteiger charge is 2.51. The van der Waals surface area contributed by atoms with Crippen LogP contribution >= 0.6 is 0 Å². The minimum Gasteiger partial charge on any atom is -0.394 e. The first-order valence-electron chi connectivity index (χ1n) is 28.9. The Labute approximate surface area is 435 Å². The average Bonchev–Trinajstić information content (AvgIpc) is 3.38. The fraction of sp³-hybridized carbons (Fsp3) is 0.845. The highest BCUT2D eigenvalue weighted by molar-refractivity contribution is 5.76. The molecule has 0 bridgehead atoms. The summed E-state index contributed by atoms with van der Waals surface area (Å²) < 4.78 is 22.7. The van der Waals surface area contributed by atoms with Crippen LogP contribution in [0.25, 0.3) is 0 Å². The molecule has 0 aromatic carbocycles. The molecule has 72 heavy (non-hydrogen) atoms. The number of allylic oxidation sites excluding steroid dienone is 7. The van der Waals surface area contributed by atoms with Gasteiger partial charge in [-0.1, -0.05) is 197 Å². The van der Waals surface area contributed by atoms with Gasteiger partial charge in [0.15, 0.2) is 12.6 Å². The Hall–Kier alpha value is -2.05. The molecule has 2 fully saturated rings. The van der Waals surface area contributed by atoms with Crippen molar-refractivity contribution < 1.29 is 64.6 Å². The molecule has 0 aliphatic carbocycles. The highest BCUT2D eigenvalue weighted by atomic mass is 16.7. The summed E-state index contributed by atoms with van der Waals surface area (Å²) in [6, 6.07) is -0.941. The summed E-state index contributed by atoms with van der Waals surface area (Å²) in [6.45, 7) is 2.69. The monoisotopic (exact) mass is 1020 g/mol. The predicted octanol–water partition coefficient (Wildman–Crippen LogP) is 9.22. The SMILES string of the molecule is CCC/C=C\CCCCCCCC(=O)NC(COC1OC(CO)C(OC2OC(CO)C(O)C(O)C2O)C(O)C1O)C(O)/C=C/CC/C=C/CC/C=C/CCCCCCCCCCCCCCCCCCCC. The van der Waals surface area contributed by atoms with Crippen molar-refractivity contribution >= 4 is 5.91 Å². The van der Waals surface area contributed by atoms with E-state index in [1.165, 1.54) is 116 Å². The molecule has 420 valence electrons. The molecule has 2 saturated heterocycles. The topological polar surface area (TPSA) is 228 Å². The summed E-state index contributed by atoms with van der Waals surface area (Å²) in [7, 11) is 0. The lowest BCUT2D eigenvalue weighted by Crippen LogP contribution is -2.65. The van der Waals surface area contributed by atoms with Crippen molar-refractivity contribution in [2.45, 2.75) is 293 Å². The minimum absolute atomic E-state index is 0.258. The van der Waals surface area contributed by atoms with Crippen LogP contribution in [0.5, 0.6) is 0 Å². The fourth-order valence-electron chi connectivity index (χ4n) is 9.27. The van der Waals surface area contributed by atoms with Crippen LogP contribution in [0, 0.1) is 0 Å². The van der Waals surface area contributed by atoms with Crippen LogP contribution in [0.4, 0.5) is 0 Å². The summed E-state index contributed by atoms with van der Waals surface area (Å²) in [4.78, 5) is 13.1. The molecule has 14 nitrogen and oxygen atoms in total. The van der Waals surface area contributed by atoms with Crippen molar-refractivity contribution in [3.05, 3.63) is 48.6 Å². The number of carbonyl (C=O) groups is 1. The van der Waals surface area contributed by atoms with Crippen molar-refractivity contribution in [3.8, 4) is 0 Å². The lowest BCUT2D eigenvalue weighted by atomic mass is 9.97. The smallest absolute Gasteiger partial charge is 0.220 e. The maximum absolute atomic E-state index is 13.1. The van der Waals surface area contributed by atoms with Crippen LogP contribution in [0.15, 0.2) is 48.6 Å². The summed E-state index contributed by atoms with van der Waals surface area (Å²) in [6.07, 6.45) is 37.6. The average molecular weight is 1020 g/mol. The Bertz CT molecular complexity index is 1390. The van der Waals surface area contributed by atoms with E-state index in [1.54, 1.807) is 6.08 Å². The summed E-state index contributed by atoms with van der Waals surface area (Å²) in [5.41, 5.74) is 0. The van der Waals surface area contributed by atoms with Crippen LogP contribution in [0.1, 0.15) is 219 Å². The Morgan fingerprint density at radius 3 is 1.42 bits per heavy atom. The number of carbonyl (C=O) groups excluding carboxylic acids is 1. The number of aliphatic hydroxyl groups excluding tert-OH is 8. The Kier molecular flexibility index (Phi) is 40.5. The zero-order valence-electron chi connectivity index (χ0n) is 44.9. The van der Waals surface area contributed by atoms with E-state index in [0.29, 0.717) is 12.8 Å². The quantitative estimate of drug-likeness (QED) is 0.0205. The molecule has 0 aromatic rings. The molecule has 0 aromatic heterocycles. The van der Waals surface area contributed by atoms with Gasteiger partial charge < -0.3 is 65.1 Å². The van der Waals surface area contributed by atoms with E-state index in [-0.39, 0.29) is 18.9 Å². The molecule has 0 spiro atoms. The summed E-state index contributed by atoms with van der Waals surface area (Å²) in [5.74, 6) is -0.266. The maximum Gasteiger partial charge on any atom is 0.220 e. The molecule has 12 atom stereocenters. The van der Waals surface area contributed by atoms with Gasteiger partial charge in [-0.3, -0.25) is 4.79 Å². The number of nitrogens with one attached hydrogen (secondary N) is 1. The number of hydrogen-bond donors (Lipinski definition) is 9. The molecule has 14 heteroatoms. The Morgan fingerprint density at radius 1 is 0.486 bits per heavy atom. The van der Waals surface area contributed by atoms with Gasteiger partial charge in [-0.2, -0.15) is 0 Å². The second-order valence-corrected chi connectivity index (χ2v) is 20.4. The third-order valence-electron chi connectivity index (χ3n) is 13.9. The van der Waals surface area contributed by atoms with Crippen LogP contribution in [0.2, 0.25) is 0 Å². The van der Waals surface area contributed by atoms with Gasteiger partial charge in [0.05, 0.1) is 32.0 Å². The van der Waals surface area contributed by atoms with Crippen LogP contribution in [-0.2, 0) is 23.7 Å². The van der Waals surface area contributed by atoms with Gasteiger partial charge in [0.25, 0.3) is 0 Å². The second kappa shape index (κ2) is 44.1. The molecule has 9 N–H and O–H groups in total. The van der Waals surface area contributed by atoms with Gasteiger partial charge in [-0.15, -0.1) is 0 Å². The van der Waals surface area contributed by atoms with Crippen molar-refractivity contribution in [2.24, 2.45) is 0 Å². The van der Waals surface area contributed by atoms with E-state index in [1.807, 2.05) is 6.08 Å². The molecule has 2 rings (SSSR count). The summed E-state index contributed by atoms with van der Waals surface area (Å²) >= 11 is 0. The number of unbranched alkanes of at least 4 members (excludes halogenated alkanes) is 26. The van der Waals surface area contributed by atoms with Gasteiger partial charge in [0.1, 0.15) is 48.8 Å². The lowest BCUT2D eigenvalue weighted by molar-refractivity contribution is -0.359. The normalized spacial score (nSPS) is 25.9. The van der Waals surface area contributed by atoms with E-state index < -0.39 is 86.8 Å². The largest absolute Gasteiger partial charge is 0.394 e. The molecule has 2 heterocycles. The molecule has 0 radical (unpaired) electrons. The lowest BCUT2D eigenvalue weighted by Gasteiger charge is -2.46. The number of aliphatic hydroxyl groups is 8. The van der Waals surface area contributed by atoms with E-state index in [2.05, 4.69) is 55.6 Å². The van der Waals surface area contributed by atoms with Crippen LogP contribution in [0.3, 0.4) is 0 Å². The van der Waals surface area contributed by atoms with Crippen molar-refractivity contribution in [2.75, 3.05) is 19.8 Å². The molecular weight excluding hydrogens is 919 g/mol. The third-order valence-corrected chi connectivity index (χ3v) is 13.9. The third kappa shape index (κ3) is 29.9. The first-order valence-corrected chi connectivity index (χ1v) is 28.9. The van der Waals surface area contributed by atoms with E-state index >= 15 is 0 Å². The molecule has 0 saturated carbocycles. The first kappa shape index (κ1) is 66.1. The van der Waals surface area contributed by atoms with Crippen LogP contribution in [-0.4, -0.2) is 140 Å². The van der Waals surface area contributed by atoms with E-state index in [4.69, 9.17) is 18.9 Å².